The van der Waals surface area contributed by atoms with Crippen LogP contribution in [0, 0.1) is 11.3 Å². The van der Waals surface area contributed by atoms with E-state index in [0.717, 1.165) is 25.2 Å². The lowest BCUT2D eigenvalue weighted by molar-refractivity contribution is 0.791. The maximum atomic E-state index is 9.02. The van der Waals surface area contributed by atoms with Crippen molar-refractivity contribution < 1.29 is 0 Å². The van der Waals surface area contributed by atoms with Crippen LogP contribution in [0.25, 0.3) is 0 Å². The number of hydrogen-bond acceptors (Lipinski definition) is 2. The Bertz CT molecular complexity index is 368. The van der Waals surface area contributed by atoms with Gasteiger partial charge in [-0.25, -0.2) is 0 Å². The van der Waals surface area contributed by atoms with Crippen LogP contribution in [0.5, 0.6) is 0 Å². The van der Waals surface area contributed by atoms with Crippen molar-refractivity contribution in [3.05, 3.63) is 28.8 Å². The van der Waals surface area contributed by atoms with Crippen molar-refractivity contribution in [3.8, 4) is 6.07 Å². The number of anilines is 1. The van der Waals surface area contributed by atoms with E-state index in [1.165, 1.54) is 0 Å². The first-order valence-electron chi connectivity index (χ1n) is 5.17. The molecule has 1 rings (SSSR count). The minimum Gasteiger partial charge on any atom is -0.371 e. The molecule has 0 aliphatic carbocycles. The standard InChI is InChI=1S/C12H15ClN2/c1-3-7-15(4-2)12-6-5-11(13)8-10(12)9-14/h5-6,8H,3-4,7H2,1-2H3. The topological polar surface area (TPSA) is 27.0 Å². The van der Waals surface area contributed by atoms with Crippen LogP contribution in [0.4, 0.5) is 5.69 Å². The molecule has 0 radical (unpaired) electrons. The van der Waals surface area contributed by atoms with E-state index < -0.39 is 0 Å². The van der Waals surface area contributed by atoms with E-state index in [9.17, 15) is 0 Å². The third kappa shape index (κ3) is 2.87. The summed E-state index contributed by atoms with van der Waals surface area (Å²) in [6, 6.07) is 7.65. The molecule has 0 unspecified atom stereocenters. The molecular formula is C12H15ClN2. The van der Waals surface area contributed by atoms with Gasteiger partial charge in [-0.1, -0.05) is 18.5 Å². The highest BCUT2D eigenvalue weighted by Crippen LogP contribution is 2.23. The Hall–Kier alpha value is -1.20. The molecule has 15 heavy (non-hydrogen) atoms. The molecule has 1 aromatic rings. The SMILES string of the molecule is CCCN(CC)c1ccc(Cl)cc1C#N. The number of benzene rings is 1. The van der Waals surface area contributed by atoms with Gasteiger partial charge in [0.05, 0.1) is 11.3 Å². The molecule has 0 aromatic heterocycles. The first-order valence-corrected chi connectivity index (χ1v) is 5.55. The molecule has 0 aliphatic rings. The average Bonchev–Trinajstić information content (AvgIpc) is 2.26. The van der Waals surface area contributed by atoms with Gasteiger partial charge in [-0.15, -0.1) is 0 Å². The normalized spacial score (nSPS) is 9.73. The van der Waals surface area contributed by atoms with Gasteiger partial charge in [-0.2, -0.15) is 5.26 Å². The maximum Gasteiger partial charge on any atom is 0.101 e. The number of halogens is 1. The third-order valence-electron chi connectivity index (χ3n) is 2.29. The van der Waals surface area contributed by atoms with E-state index in [1.54, 1.807) is 6.07 Å². The molecule has 3 heteroatoms. The zero-order valence-corrected chi connectivity index (χ0v) is 9.88. The van der Waals surface area contributed by atoms with E-state index >= 15 is 0 Å². The van der Waals surface area contributed by atoms with Gasteiger partial charge in [-0.05, 0) is 31.5 Å². The van der Waals surface area contributed by atoms with Crippen LogP contribution >= 0.6 is 11.6 Å². The Morgan fingerprint density at radius 1 is 1.40 bits per heavy atom. The van der Waals surface area contributed by atoms with Crippen LogP contribution in [0.2, 0.25) is 5.02 Å². The maximum absolute atomic E-state index is 9.02. The minimum atomic E-state index is 0.614. The summed E-state index contributed by atoms with van der Waals surface area (Å²) in [6.45, 7) is 6.09. The fraction of sp³-hybridized carbons (Fsp3) is 0.417. The van der Waals surface area contributed by atoms with Crippen LogP contribution in [-0.4, -0.2) is 13.1 Å². The molecule has 2 nitrogen and oxygen atoms in total. The van der Waals surface area contributed by atoms with Crippen LogP contribution in [0.15, 0.2) is 18.2 Å². The minimum absolute atomic E-state index is 0.614. The summed E-state index contributed by atoms with van der Waals surface area (Å²) in [6.07, 6.45) is 1.07. The lowest BCUT2D eigenvalue weighted by Gasteiger charge is -2.23. The van der Waals surface area contributed by atoms with Gasteiger partial charge in [0, 0.05) is 18.1 Å². The Kier molecular flexibility index (Phi) is 4.45. The van der Waals surface area contributed by atoms with Gasteiger partial charge in [0.2, 0.25) is 0 Å². The highest BCUT2D eigenvalue weighted by Gasteiger charge is 2.08. The van der Waals surface area contributed by atoms with E-state index in [1.807, 2.05) is 12.1 Å². The highest BCUT2D eigenvalue weighted by atomic mass is 35.5. The Balaban J connectivity index is 3.06. The van der Waals surface area contributed by atoms with Gasteiger partial charge in [0.1, 0.15) is 6.07 Å². The van der Waals surface area contributed by atoms with E-state index in [2.05, 4.69) is 24.8 Å². The van der Waals surface area contributed by atoms with Crippen LogP contribution in [-0.2, 0) is 0 Å². The summed E-state index contributed by atoms with van der Waals surface area (Å²) in [7, 11) is 0. The Labute approximate surface area is 96.1 Å². The average molecular weight is 223 g/mol. The molecule has 0 aliphatic heterocycles. The van der Waals surface area contributed by atoms with Crippen molar-refractivity contribution in [2.24, 2.45) is 0 Å². The van der Waals surface area contributed by atoms with Gasteiger partial charge < -0.3 is 4.90 Å². The monoisotopic (exact) mass is 222 g/mol. The molecule has 0 saturated carbocycles. The van der Waals surface area contributed by atoms with Crippen LogP contribution < -0.4 is 4.90 Å². The van der Waals surface area contributed by atoms with Crippen molar-refractivity contribution in [2.45, 2.75) is 20.3 Å². The van der Waals surface area contributed by atoms with Gasteiger partial charge >= 0.3 is 0 Å². The predicted octanol–water partition coefficient (Wildman–Crippen LogP) is 3.45. The lowest BCUT2D eigenvalue weighted by atomic mass is 10.1. The number of nitrogens with zero attached hydrogens (tertiary/aromatic N) is 2. The molecule has 0 atom stereocenters. The van der Waals surface area contributed by atoms with Gasteiger partial charge in [0.25, 0.3) is 0 Å². The largest absolute Gasteiger partial charge is 0.371 e. The summed E-state index contributed by atoms with van der Waals surface area (Å²) >= 11 is 5.85. The molecule has 0 bridgehead atoms. The van der Waals surface area contributed by atoms with Crippen molar-refractivity contribution in [1.82, 2.24) is 0 Å². The molecule has 0 fully saturated rings. The van der Waals surface area contributed by atoms with Crippen LogP contribution in [0.3, 0.4) is 0 Å². The smallest absolute Gasteiger partial charge is 0.101 e. The second-order valence-electron chi connectivity index (χ2n) is 3.35. The molecule has 0 amide bonds. The van der Waals surface area contributed by atoms with Crippen molar-refractivity contribution in [2.75, 3.05) is 18.0 Å². The summed E-state index contributed by atoms with van der Waals surface area (Å²) in [5.41, 5.74) is 1.63. The van der Waals surface area contributed by atoms with E-state index in [4.69, 9.17) is 16.9 Å². The number of nitriles is 1. The fourth-order valence-corrected chi connectivity index (χ4v) is 1.76. The quantitative estimate of drug-likeness (QED) is 0.780. The second kappa shape index (κ2) is 5.63. The van der Waals surface area contributed by atoms with Crippen molar-refractivity contribution in [3.63, 3.8) is 0 Å². The zero-order valence-electron chi connectivity index (χ0n) is 9.13. The summed E-state index contributed by atoms with van der Waals surface area (Å²) in [5, 5.41) is 9.63. The molecule has 1 aromatic carbocycles. The molecule has 0 N–H and O–H groups in total. The number of hydrogen-bond donors (Lipinski definition) is 0. The fourth-order valence-electron chi connectivity index (χ4n) is 1.59. The molecule has 0 saturated heterocycles. The molecule has 0 heterocycles. The van der Waals surface area contributed by atoms with Gasteiger partial charge in [0.15, 0.2) is 0 Å². The molecular weight excluding hydrogens is 208 g/mol. The predicted molar refractivity (Wildman–Crippen MR) is 64.3 cm³/mol. The van der Waals surface area contributed by atoms with Gasteiger partial charge in [-0.3, -0.25) is 0 Å². The lowest BCUT2D eigenvalue weighted by Crippen LogP contribution is -2.24. The van der Waals surface area contributed by atoms with Crippen molar-refractivity contribution in [1.29, 1.82) is 5.26 Å². The van der Waals surface area contributed by atoms with Crippen LogP contribution in [0.1, 0.15) is 25.8 Å². The molecule has 0 spiro atoms. The zero-order chi connectivity index (χ0) is 11.3. The second-order valence-corrected chi connectivity index (χ2v) is 3.79. The summed E-state index contributed by atoms with van der Waals surface area (Å²) < 4.78 is 0. The Morgan fingerprint density at radius 2 is 2.13 bits per heavy atom. The first-order chi connectivity index (χ1) is 7.22. The highest BCUT2D eigenvalue weighted by molar-refractivity contribution is 6.30. The van der Waals surface area contributed by atoms with E-state index in [0.29, 0.717) is 10.6 Å². The summed E-state index contributed by atoms with van der Waals surface area (Å²) in [4.78, 5) is 2.19. The third-order valence-corrected chi connectivity index (χ3v) is 2.53. The Morgan fingerprint density at radius 3 is 2.67 bits per heavy atom. The van der Waals surface area contributed by atoms with E-state index in [-0.39, 0.29) is 0 Å². The van der Waals surface area contributed by atoms with Crippen molar-refractivity contribution >= 4 is 17.3 Å². The number of rotatable bonds is 4. The summed E-state index contributed by atoms with van der Waals surface area (Å²) in [5.74, 6) is 0. The molecule has 80 valence electrons. The first kappa shape index (κ1) is 11.9.